The van der Waals surface area contributed by atoms with Crippen molar-refractivity contribution in [2.45, 2.75) is 6.10 Å². The lowest BCUT2D eigenvalue weighted by Crippen LogP contribution is -2.33. The van der Waals surface area contributed by atoms with E-state index in [-0.39, 0.29) is 16.7 Å². The quantitative estimate of drug-likeness (QED) is 0.670. The van der Waals surface area contributed by atoms with E-state index in [0.29, 0.717) is 18.8 Å². The summed E-state index contributed by atoms with van der Waals surface area (Å²) in [5.41, 5.74) is 2.26. The van der Waals surface area contributed by atoms with Gasteiger partial charge in [-0.15, -0.1) is 0 Å². The third kappa shape index (κ3) is 3.24. The molecule has 2 aromatic carbocycles. The summed E-state index contributed by atoms with van der Waals surface area (Å²) < 4.78 is 5.71. The maximum atomic E-state index is 11.2. The Bertz CT molecular complexity index is 655. The predicted molar refractivity (Wildman–Crippen MR) is 84.4 cm³/mol. The number of anilines is 2. The second-order valence-corrected chi connectivity index (χ2v) is 5.09. The van der Waals surface area contributed by atoms with Crippen LogP contribution in [0.5, 0.6) is 0 Å². The summed E-state index contributed by atoms with van der Waals surface area (Å²) >= 11 is 0. The van der Waals surface area contributed by atoms with Crippen LogP contribution < -0.4 is 10.6 Å². The summed E-state index contributed by atoms with van der Waals surface area (Å²) in [7, 11) is 0. The van der Waals surface area contributed by atoms with Gasteiger partial charge in [-0.1, -0.05) is 18.2 Å². The molecule has 0 bridgehead atoms. The molecule has 6 nitrogen and oxygen atoms in total. The minimum absolute atomic E-state index is 0.0522. The zero-order valence-electron chi connectivity index (χ0n) is 12.0. The molecule has 1 unspecified atom stereocenters. The Balaban J connectivity index is 1.92. The smallest absolute Gasteiger partial charge is 0.292 e. The number of morpholine rings is 1. The van der Waals surface area contributed by atoms with Crippen molar-refractivity contribution in [2.24, 2.45) is 0 Å². The second-order valence-electron chi connectivity index (χ2n) is 5.09. The molecule has 0 aromatic heterocycles. The summed E-state index contributed by atoms with van der Waals surface area (Å²) in [5, 5.41) is 17.6. The first-order valence-corrected chi connectivity index (χ1v) is 7.17. The molecule has 1 saturated heterocycles. The SMILES string of the molecule is O=[N+]([O-])c1ccc(C2CNCCO2)cc1Nc1ccccc1. The van der Waals surface area contributed by atoms with Crippen molar-refractivity contribution in [2.75, 3.05) is 25.0 Å². The average Bonchev–Trinajstić information content (AvgIpc) is 2.56. The highest BCUT2D eigenvalue weighted by Crippen LogP contribution is 2.31. The van der Waals surface area contributed by atoms with Crippen molar-refractivity contribution in [3.8, 4) is 0 Å². The van der Waals surface area contributed by atoms with Gasteiger partial charge in [0.2, 0.25) is 0 Å². The number of hydrogen-bond donors (Lipinski definition) is 2. The number of para-hydroxylation sites is 1. The molecule has 2 N–H and O–H groups in total. The first kappa shape index (κ1) is 14.5. The largest absolute Gasteiger partial charge is 0.371 e. The highest BCUT2D eigenvalue weighted by atomic mass is 16.6. The number of nitro groups is 1. The number of hydrogen-bond acceptors (Lipinski definition) is 5. The van der Waals surface area contributed by atoms with Gasteiger partial charge >= 0.3 is 0 Å². The zero-order valence-corrected chi connectivity index (χ0v) is 12.0. The summed E-state index contributed by atoms with van der Waals surface area (Å²) in [6.07, 6.45) is -0.0779. The molecule has 1 atom stereocenters. The Morgan fingerprint density at radius 1 is 1.23 bits per heavy atom. The molecule has 0 aliphatic carbocycles. The summed E-state index contributed by atoms with van der Waals surface area (Å²) in [5.74, 6) is 0. The molecule has 1 aliphatic heterocycles. The number of nitrogens with zero attached hydrogens (tertiary/aromatic N) is 1. The molecule has 1 heterocycles. The van der Waals surface area contributed by atoms with E-state index in [1.807, 2.05) is 30.3 Å². The second kappa shape index (κ2) is 6.55. The minimum Gasteiger partial charge on any atom is -0.371 e. The molecule has 1 fully saturated rings. The first-order valence-electron chi connectivity index (χ1n) is 7.17. The van der Waals surface area contributed by atoms with E-state index >= 15 is 0 Å². The number of benzene rings is 2. The monoisotopic (exact) mass is 299 g/mol. The van der Waals surface area contributed by atoms with E-state index in [9.17, 15) is 10.1 Å². The van der Waals surface area contributed by atoms with E-state index in [4.69, 9.17) is 4.74 Å². The minimum atomic E-state index is -0.380. The predicted octanol–water partition coefficient (Wildman–Crippen LogP) is 3.00. The molecule has 6 heteroatoms. The van der Waals surface area contributed by atoms with Crippen LogP contribution in [0, 0.1) is 10.1 Å². The van der Waals surface area contributed by atoms with Crippen LogP contribution in [0.2, 0.25) is 0 Å². The number of rotatable bonds is 4. The fourth-order valence-corrected chi connectivity index (χ4v) is 2.47. The third-order valence-corrected chi connectivity index (χ3v) is 3.57. The van der Waals surface area contributed by atoms with E-state index in [1.165, 1.54) is 6.07 Å². The van der Waals surface area contributed by atoms with E-state index in [0.717, 1.165) is 17.8 Å². The molecule has 2 aromatic rings. The van der Waals surface area contributed by atoms with Gasteiger partial charge in [-0.2, -0.15) is 0 Å². The van der Waals surface area contributed by atoms with Gasteiger partial charge in [-0.05, 0) is 29.8 Å². The van der Waals surface area contributed by atoms with E-state index in [1.54, 1.807) is 12.1 Å². The van der Waals surface area contributed by atoms with Crippen LogP contribution in [-0.2, 0) is 4.74 Å². The van der Waals surface area contributed by atoms with Gasteiger partial charge in [-0.3, -0.25) is 10.1 Å². The van der Waals surface area contributed by atoms with Crippen LogP contribution in [0.25, 0.3) is 0 Å². The lowest BCUT2D eigenvalue weighted by molar-refractivity contribution is -0.383. The molecular weight excluding hydrogens is 282 g/mol. The highest BCUT2D eigenvalue weighted by Gasteiger charge is 2.20. The summed E-state index contributed by atoms with van der Waals surface area (Å²) in [6, 6.07) is 14.5. The van der Waals surface area contributed by atoms with Crippen LogP contribution in [0.15, 0.2) is 48.5 Å². The van der Waals surface area contributed by atoms with Gasteiger partial charge in [0.05, 0.1) is 17.6 Å². The molecule has 0 saturated carbocycles. The van der Waals surface area contributed by atoms with Crippen LogP contribution in [-0.4, -0.2) is 24.6 Å². The van der Waals surface area contributed by atoms with Crippen molar-refractivity contribution in [3.63, 3.8) is 0 Å². The highest BCUT2D eigenvalue weighted by molar-refractivity contribution is 5.70. The van der Waals surface area contributed by atoms with Crippen LogP contribution in [0.1, 0.15) is 11.7 Å². The zero-order chi connectivity index (χ0) is 15.4. The van der Waals surface area contributed by atoms with Crippen molar-refractivity contribution in [3.05, 3.63) is 64.2 Å². The summed E-state index contributed by atoms with van der Waals surface area (Å²) in [4.78, 5) is 10.8. The fraction of sp³-hybridized carbons (Fsp3) is 0.250. The first-order chi connectivity index (χ1) is 10.7. The summed E-state index contributed by atoms with van der Waals surface area (Å²) in [6.45, 7) is 2.18. The Morgan fingerprint density at radius 3 is 2.73 bits per heavy atom. The number of ether oxygens (including phenoxy) is 1. The fourth-order valence-electron chi connectivity index (χ4n) is 2.47. The Morgan fingerprint density at radius 2 is 2.05 bits per heavy atom. The molecule has 1 aliphatic rings. The molecule has 0 radical (unpaired) electrons. The lowest BCUT2D eigenvalue weighted by Gasteiger charge is -2.24. The number of nitro benzene ring substituents is 1. The van der Waals surface area contributed by atoms with Crippen molar-refractivity contribution in [1.29, 1.82) is 0 Å². The molecular formula is C16H17N3O3. The van der Waals surface area contributed by atoms with Crippen molar-refractivity contribution in [1.82, 2.24) is 5.32 Å². The maximum Gasteiger partial charge on any atom is 0.292 e. The Labute approximate surface area is 128 Å². The average molecular weight is 299 g/mol. The van der Waals surface area contributed by atoms with Gasteiger partial charge in [0, 0.05) is 24.8 Å². The van der Waals surface area contributed by atoms with Crippen molar-refractivity contribution >= 4 is 17.1 Å². The topological polar surface area (TPSA) is 76.4 Å². The Hall–Kier alpha value is -2.44. The normalized spacial score (nSPS) is 17.9. The molecule has 22 heavy (non-hydrogen) atoms. The van der Waals surface area contributed by atoms with Gasteiger partial charge in [-0.25, -0.2) is 0 Å². The standard InChI is InChI=1S/C16H17N3O3/c20-19(21)15-7-6-12(16-11-17-8-9-22-16)10-14(15)18-13-4-2-1-3-5-13/h1-7,10,16-18H,8-9,11H2. The Kier molecular flexibility index (Phi) is 4.32. The third-order valence-electron chi connectivity index (χ3n) is 3.57. The maximum absolute atomic E-state index is 11.2. The van der Waals surface area contributed by atoms with Gasteiger partial charge < -0.3 is 15.4 Å². The van der Waals surface area contributed by atoms with Crippen LogP contribution in [0.3, 0.4) is 0 Å². The van der Waals surface area contributed by atoms with Crippen molar-refractivity contribution < 1.29 is 9.66 Å². The van der Waals surface area contributed by atoms with E-state index < -0.39 is 0 Å². The molecule has 3 rings (SSSR count). The van der Waals surface area contributed by atoms with E-state index in [2.05, 4.69) is 10.6 Å². The number of nitrogens with one attached hydrogen (secondary N) is 2. The van der Waals surface area contributed by atoms with Gasteiger partial charge in [0.25, 0.3) is 5.69 Å². The van der Waals surface area contributed by atoms with Crippen LogP contribution >= 0.6 is 0 Å². The molecule has 114 valence electrons. The molecule has 0 amide bonds. The molecule has 0 spiro atoms. The lowest BCUT2D eigenvalue weighted by atomic mass is 10.1. The van der Waals surface area contributed by atoms with Crippen LogP contribution in [0.4, 0.5) is 17.1 Å². The van der Waals surface area contributed by atoms with Gasteiger partial charge in [0.15, 0.2) is 0 Å². The van der Waals surface area contributed by atoms with Gasteiger partial charge in [0.1, 0.15) is 5.69 Å².